The van der Waals surface area contributed by atoms with Crippen molar-refractivity contribution in [1.29, 1.82) is 5.26 Å². The van der Waals surface area contributed by atoms with Gasteiger partial charge in [-0.3, -0.25) is 4.90 Å². The second-order valence-electron chi connectivity index (χ2n) is 6.92. The monoisotopic (exact) mass is 358 g/mol. The van der Waals surface area contributed by atoms with Crippen LogP contribution in [0.1, 0.15) is 43.6 Å². The van der Waals surface area contributed by atoms with E-state index in [0.29, 0.717) is 32.1 Å². The topological polar surface area (TPSA) is 71.8 Å². The third-order valence-electron chi connectivity index (χ3n) is 5.14. The highest BCUT2D eigenvalue weighted by atomic mass is 16.6. The fourth-order valence-electron chi connectivity index (χ4n) is 3.77. The molecule has 6 heteroatoms. The van der Waals surface area contributed by atoms with E-state index >= 15 is 0 Å². The van der Waals surface area contributed by atoms with Gasteiger partial charge in [-0.05, 0) is 49.3 Å². The Labute approximate surface area is 154 Å². The van der Waals surface area contributed by atoms with E-state index in [2.05, 4.69) is 18.2 Å². The first kappa shape index (κ1) is 18.7. The minimum absolute atomic E-state index is 0.205. The van der Waals surface area contributed by atoms with E-state index < -0.39 is 0 Å². The molecule has 1 heterocycles. The third-order valence-corrected chi connectivity index (χ3v) is 5.14. The molecule has 3 rings (SSSR count). The smallest absolute Gasteiger partial charge is 0.414 e. The second kappa shape index (κ2) is 9.02. The molecular weight excluding hydrogens is 332 g/mol. The van der Waals surface area contributed by atoms with Crippen LogP contribution in [-0.2, 0) is 14.2 Å². The minimum Gasteiger partial charge on any atom is -0.441 e. The average molecular weight is 358 g/mol. The number of carbonyl (C=O) groups excluding carboxylic acids is 1. The summed E-state index contributed by atoms with van der Waals surface area (Å²) in [5, 5.41) is 8.58. The number of cyclic esters (lactones) is 1. The van der Waals surface area contributed by atoms with E-state index in [4.69, 9.17) is 19.5 Å². The summed E-state index contributed by atoms with van der Waals surface area (Å²) in [5.41, 5.74) is 2.18. The van der Waals surface area contributed by atoms with E-state index in [1.54, 1.807) is 12.0 Å². The molecule has 0 N–H and O–H groups in total. The number of carbonyl (C=O) groups is 1. The van der Waals surface area contributed by atoms with Crippen LogP contribution in [0.5, 0.6) is 0 Å². The van der Waals surface area contributed by atoms with Crippen LogP contribution in [0.3, 0.4) is 0 Å². The van der Waals surface area contributed by atoms with Crippen molar-refractivity contribution in [1.82, 2.24) is 0 Å². The highest BCUT2D eigenvalue weighted by Crippen LogP contribution is 2.35. The van der Waals surface area contributed by atoms with Crippen molar-refractivity contribution in [2.24, 2.45) is 0 Å². The zero-order valence-corrected chi connectivity index (χ0v) is 15.2. The van der Waals surface area contributed by atoms with Crippen molar-refractivity contribution >= 4 is 11.8 Å². The fourth-order valence-corrected chi connectivity index (χ4v) is 3.77. The molecule has 1 aliphatic carbocycles. The second-order valence-corrected chi connectivity index (χ2v) is 6.92. The van der Waals surface area contributed by atoms with Gasteiger partial charge in [0.2, 0.25) is 0 Å². The molecule has 2 fully saturated rings. The van der Waals surface area contributed by atoms with Crippen LogP contribution in [0.4, 0.5) is 10.5 Å². The predicted octanol–water partition coefficient (Wildman–Crippen LogP) is 3.61. The molecule has 0 spiro atoms. The van der Waals surface area contributed by atoms with Crippen LogP contribution >= 0.6 is 0 Å². The number of ether oxygens (including phenoxy) is 3. The molecule has 1 aromatic carbocycles. The normalized spacial score (nSPS) is 25.8. The lowest BCUT2D eigenvalue weighted by atomic mass is 9.82. The van der Waals surface area contributed by atoms with Crippen molar-refractivity contribution in [3.8, 4) is 6.07 Å². The Morgan fingerprint density at radius 3 is 2.62 bits per heavy atom. The molecule has 1 atom stereocenters. The van der Waals surface area contributed by atoms with Crippen LogP contribution in [0.2, 0.25) is 0 Å². The SMILES string of the molecule is COC[C@H]1CN(c2ccc([C@H]3CC[C@H](OCCC#N)CC3)cc2)C(=O)O1. The number of rotatable bonds is 7. The highest BCUT2D eigenvalue weighted by molar-refractivity contribution is 5.89. The maximum Gasteiger partial charge on any atom is 0.414 e. The molecular formula is C20H26N2O4. The number of anilines is 1. The number of methoxy groups -OCH3 is 1. The van der Waals surface area contributed by atoms with Gasteiger partial charge >= 0.3 is 6.09 Å². The average Bonchev–Trinajstić information content (AvgIpc) is 3.03. The Morgan fingerprint density at radius 2 is 1.96 bits per heavy atom. The summed E-state index contributed by atoms with van der Waals surface area (Å²) in [4.78, 5) is 13.7. The quantitative estimate of drug-likeness (QED) is 0.696. The Hall–Kier alpha value is -2.10. The Kier molecular flexibility index (Phi) is 6.48. The van der Waals surface area contributed by atoms with Crippen LogP contribution in [0.15, 0.2) is 24.3 Å². The number of amides is 1. The van der Waals surface area contributed by atoms with E-state index in [9.17, 15) is 4.79 Å². The van der Waals surface area contributed by atoms with Gasteiger partial charge in [-0.1, -0.05) is 12.1 Å². The molecule has 1 amide bonds. The van der Waals surface area contributed by atoms with Gasteiger partial charge in [0.15, 0.2) is 0 Å². The first-order valence-corrected chi connectivity index (χ1v) is 9.27. The minimum atomic E-state index is -0.310. The molecule has 1 saturated carbocycles. The summed E-state index contributed by atoms with van der Waals surface area (Å²) in [5.74, 6) is 0.534. The lowest BCUT2D eigenvalue weighted by molar-refractivity contribution is 0.0280. The van der Waals surface area contributed by atoms with E-state index in [1.807, 2.05) is 12.1 Å². The van der Waals surface area contributed by atoms with Gasteiger partial charge in [0, 0.05) is 12.8 Å². The van der Waals surface area contributed by atoms with Gasteiger partial charge in [0.25, 0.3) is 0 Å². The molecule has 1 aliphatic heterocycles. The first-order valence-electron chi connectivity index (χ1n) is 9.27. The molecule has 140 valence electrons. The predicted molar refractivity (Wildman–Crippen MR) is 97.1 cm³/mol. The molecule has 2 aliphatic rings. The van der Waals surface area contributed by atoms with Crippen molar-refractivity contribution < 1.29 is 19.0 Å². The van der Waals surface area contributed by atoms with Crippen LogP contribution in [-0.4, -0.2) is 45.2 Å². The number of nitriles is 1. The van der Waals surface area contributed by atoms with Gasteiger partial charge in [-0.25, -0.2) is 4.79 Å². The molecule has 1 saturated heterocycles. The summed E-state index contributed by atoms with van der Waals surface area (Å²) >= 11 is 0. The molecule has 1 aromatic rings. The fraction of sp³-hybridized carbons (Fsp3) is 0.600. The van der Waals surface area contributed by atoms with Crippen molar-refractivity contribution in [3.05, 3.63) is 29.8 Å². The third kappa shape index (κ3) is 4.54. The number of nitrogens with zero attached hydrogens (tertiary/aromatic N) is 2. The van der Waals surface area contributed by atoms with Crippen molar-refractivity contribution in [3.63, 3.8) is 0 Å². The molecule has 0 radical (unpaired) electrons. The Bertz CT molecular complexity index is 632. The van der Waals surface area contributed by atoms with Gasteiger partial charge in [0.05, 0.1) is 38.4 Å². The zero-order chi connectivity index (χ0) is 18.4. The first-order chi connectivity index (χ1) is 12.7. The van der Waals surface area contributed by atoms with Gasteiger partial charge in [0.1, 0.15) is 6.10 Å². The number of hydrogen-bond acceptors (Lipinski definition) is 5. The van der Waals surface area contributed by atoms with E-state index in [0.717, 1.165) is 31.4 Å². The Morgan fingerprint density at radius 1 is 1.23 bits per heavy atom. The highest BCUT2D eigenvalue weighted by Gasteiger charge is 2.32. The Balaban J connectivity index is 1.52. The van der Waals surface area contributed by atoms with Gasteiger partial charge < -0.3 is 14.2 Å². The molecule has 0 aromatic heterocycles. The lowest BCUT2D eigenvalue weighted by Crippen LogP contribution is -2.25. The van der Waals surface area contributed by atoms with E-state index in [1.165, 1.54) is 5.56 Å². The van der Waals surface area contributed by atoms with Crippen LogP contribution in [0, 0.1) is 11.3 Å². The molecule has 26 heavy (non-hydrogen) atoms. The maximum absolute atomic E-state index is 12.0. The molecule has 0 bridgehead atoms. The standard InChI is InChI=1S/C20H26N2O4/c1-24-14-19-13-22(20(23)26-19)17-7-3-15(4-8-17)16-5-9-18(10-6-16)25-12-2-11-21/h3-4,7-8,16,18-19H,2,5-6,9-10,12-14H2,1H3/t16-,18-,19-/m1/s1. The summed E-state index contributed by atoms with van der Waals surface area (Å²) in [6.45, 7) is 1.48. The zero-order valence-electron chi connectivity index (χ0n) is 15.2. The van der Waals surface area contributed by atoms with Crippen LogP contribution < -0.4 is 4.90 Å². The van der Waals surface area contributed by atoms with Crippen molar-refractivity contribution in [2.75, 3.05) is 31.8 Å². The van der Waals surface area contributed by atoms with E-state index in [-0.39, 0.29) is 18.3 Å². The summed E-state index contributed by atoms with van der Waals surface area (Å²) in [6, 6.07) is 10.4. The summed E-state index contributed by atoms with van der Waals surface area (Å²) < 4.78 is 16.1. The van der Waals surface area contributed by atoms with Crippen LogP contribution in [0.25, 0.3) is 0 Å². The van der Waals surface area contributed by atoms with Gasteiger partial charge in [-0.2, -0.15) is 5.26 Å². The molecule has 6 nitrogen and oxygen atoms in total. The molecule has 0 unspecified atom stereocenters. The van der Waals surface area contributed by atoms with Crippen molar-refractivity contribution in [2.45, 2.75) is 50.2 Å². The lowest BCUT2D eigenvalue weighted by Gasteiger charge is -2.29. The summed E-state index contributed by atoms with van der Waals surface area (Å²) in [6.07, 6.45) is 4.50. The maximum atomic E-state index is 12.0. The number of benzene rings is 1. The largest absolute Gasteiger partial charge is 0.441 e. The van der Waals surface area contributed by atoms with Gasteiger partial charge in [-0.15, -0.1) is 0 Å². The summed E-state index contributed by atoms with van der Waals surface area (Å²) in [7, 11) is 1.61. The number of hydrogen-bond donors (Lipinski definition) is 0.